The first-order valence-electron chi connectivity index (χ1n) is 10.2. The van der Waals surface area contributed by atoms with E-state index in [1.54, 1.807) is 0 Å². The van der Waals surface area contributed by atoms with E-state index in [0.717, 1.165) is 12.8 Å². The summed E-state index contributed by atoms with van der Waals surface area (Å²) in [6.45, 7) is 9.67. The summed E-state index contributed by atoms with van der Waals surface area (Å²) in [5.41, 5.74) is 0.734. The number of esters is 1. The van der Waals surface area contributed by atoms with Gasteiger partial charge in [0.1, 0.15) is 11.6 Å². The number of carbonyl (C=O) groups is 1. The van der Waals surface area contributed by atoms with Crippen molar-refractivity contribution in [2.75, 3.05) is 33.0 Å². The molecular formula is C22H35NO5. The Balaban J connectivity index is 1.40. The molecule has 1 aromatic rings. The van der Waals surface area contributed by atoms with Gasteiger partial charge in [0.05, 0.1) is 12.7 Å². The van der Waals surface area contributed by atoms with E-state index in [2.05, 4.69) is 17.4 Å². The zero-order valence-electron chi connectivity index (χ0n) is 17.4. The van der Waals surface area contributed by atoms with Crippen LogP contribution in [0.25, 0.3) is 0 Å². The molecule has 2 rings (SSSR count). The lowest BCUT2D eigenvalue weighted by Gasteiger charge is -2.22. The Labute approximate surface area is 168 Å². The van der Waals surface area contributed by atoms with E-state index < -0.39 is 5.60 Å². The summed E-state index contributed by atoms with van der Waals surface area (Å²) >= 11 is 0. The number of ether oxygens (including phenoxy) is 4. The fraction of sp³-hybridized carbons (Fsp3) is 0.682. The number of benzene rings is 1. The molecule has 0 bridgehead atoms. The van der Waals surface area contributed by atoms with Crippen LogP contribution in [0.2, 0.25) is 0 Å². The summed E-state index contributed by atoms with van der Waals surface area (Å²) in [4.78, 5) is 12.0. The van der Waals surface area contributed by atoms with Crippen LogP contribution in [-0.4, -0.2) is 56.7 Å². The maximum Gasteiger partial charge on any atom is 0.323 e. The molecule has 0 aliphatic carbocycles. The third kappa shape index (κ3) is 9.64. The average Bonchev–Trinajstić information content (AvgIpc) is 3.12. The Morgan fingerprint density at radius 3 is 2.43 bits per heavy atom. The highest BCUT2D eigenvalue weighted by Crippen LogP contribution is 2.16. The molecule has 1 fully saturated rings. The molecule has 28 heavy (non-hydrogen) atoms. The smallest absolute Gasteiger partial charge is 0.323 e. The molecule has 0 spiro atoms. The summed E-state index contributed by atoms with van der Waals surface area (Å²) in [7, 11) is 0. The van der Waals surface area contributed by atoms with Crippen LogP contribution >= 0.6 is 0 Å². The highest BCUT2D eigenvalue weighted by Gasteiger charge is 2.32. The summed E-state index contributed by atoms with van der Waals surface area (Å²) in [5, 5.41) is 3.18. The maximum atomic E-state index is 12.0. The quantitative estimate of drug-likeness (QED) is 0.435. The molecule has 1 heterocycles. The lowest BCUT2D eigenvalue weighted by atomic mass is 10.1. The Hall–Kier alpha value is -1.47. The number of rotatable bonds is 12. The molecule has 0 radical (unpaired) electrons. The second kappa shape index (κ2) is 12.2. The van der Waals surface area contributed by atoms with Gasteiger partial charge in [0, 0.05) is 39.4 Å². The number of hydrogen-bond donors (Lipinski definition) is 1. The van der Waals surface area contributed by atoms with Gasteiger partial charge in [0.25, 0.3) is 0 Å². The molecule has 6 heteroatoms. The first kappa shape index (κ1) is 22.8. The van der Waals surface area contributed by atoms with Gasteiger partial charge >= 0.3 is 5.97 Å². The second-order valence-electron chi connectivity index (χ2n) is 8.08. The number of nitrogens with one attached hydrogen (secondary N) is 1. The number of carbonyl (C=O) groups excluding carboxylic acids is 1. The largest absolute Gasteiger partial charge is 0.459 e. The van der Waals surface area contributed by atoms with Crippen molar-refractivity contribution < 1.29 is 23.7 Å². The van der Waals surface area contributed by atoms with Crippen molar-refractivity contribution in [2.24, 2.45) is 0 Å². The van der Waals surface area contributed by atoms with Crippen molar-refractivity contribution in [1.82, 2.24) is 5.32 Å². The molecule has 158 valence electrons. The van der Waals surface area contributed by atoms with E-state index in [0.29, 0.717) is 46.0 Å². The Morgan fingerprint density at radius 2 is 1.71 bits per heavy atom. The second-order valence-corrected chi connectivity index (χ2v) is 8.08. The van der Waals surface area contributed by atoms with E-state index in [1.165, 1.54) is 5.56 Å². The summed E-state index contributed by atoms with van der Waals surface area (Å²) in [5.74, 6) is -0.198. The fourth-order valence-electron chi connectivity index (χ4n) is 2.92. The predicted molar refractivity (Wildman–Crippen MR) is 108 cm³/mol. The molecule has 1 N–H and O–H groups in total. The molecule has 0 saturated carbocycles. The van der Waals surface area contributed by atoms with Crippen LogP contribution < -0.4 is 5.32 Å². The van der Waals surface area contributed by atoms with Gasteiger partial charge in [-0.2, -0.15) is 0 Å². The third-order valence-corrected chi connectivity index (χ3v) is 4.26. The topological polar surface area (TPSA) is 66.0 Å². The molecule has 1 aliphatic rings. The van der Waals surface area contributed by atoms with Gasteiger partial charge < -0.3 is 24.3 Å². The molecule has 2 unspecified atom stereocenters. The fourth-order valence-corrected chi connectivity index (χ4v) is 2.92. The number of hydrogen-bond acceptors (Lipinski definition) is 6. The Bertz CT molecular complexity index is 558. The Kier molecular flexibility index (Phi) is 9.92. The average molecular weight is 394 g/mol. The molecule has 1 aliphatic heterocycles. The SMILES string of the molecule is CC(C)(C)OC(=O)C1CC(OCCCOCCCOCc2ccccc2)CN1. The van der Waals surface area contributed by atoms with Crippen LogP contribution in [0.15, 0.2) is 30.3 Å². The Morgan fingerprint density at radius 1 is 1.04 bits per heavy atom. The van der Waals surface area contributed by atoms with Crippen LogP contribution in [-0.2, 0) is 30.3 Å². The first-order valence-corrected chi connectivity index (χ1v) is 10.2. The predicted octanol–water partition coefficient (Wildman–Crippen LogP) is 3.09. The van der Waals surface area contributed by atoms with Crippen molar-refractivity contribution >= 4 is 5.97 Å². The molecule has 0 aromatic heterocycles. The molecule has 2 atom stereocenters. The van der Waals surface area contributed by atoms with Crippen molar-refractivity contribution in [3.8, 4) is 0 Å². The molecule has 6 nitrogen and oxygen atoms in total. The van der Waals surface area contributed by atoms with E-state index >= 15 is 0 Å². The van der Waals surface area contributed by atoms with Gasteiger partial charge in [0.2, 0.25) is 0 Å². The highest BCUT2D eigenvalue weighted by molar-refractivity contribution is 5.76. The summed E-state index contributed by atoms with van der Waals surface area (Å²) in [6, 6.07) is 9.89. The van der Waals surface area contributed by atoms with E-state index in [4.69, 9.17) is 18.9 Å². The zero-order valence-corrected chi connectivity index (χ0v) is 17.4. The van der Waals surface area contributed by atoms with Crippen LogP contribution in [0.4, 0.5) is 0 Å². The third-order valence-electron chi connectivity index (χ3n) is 4.26. The zero-order chi connectivity index (χ0) is 20.2. The summed E-state index contributed by atoms with van der Waals surface area (Å²) < 4.78 is 22.5. The van der Waals surface area contributed by atoms with Crippen LogP contribution in [0, 0.1) is 0 Å². The summed E-state index contributed by atoms with van der Waals surface area (Å²) in [6.07, 6.45) is 2.45. The van der Waals surface area contributed by atoms with Gasteiger partial charge in [-0.15, -0.1) is 0 Å². The van der Waals surface area contributed by atoms with Gasteiger partial charge in [-0.25, -0.2) is 0 Å². The van der Waals surface area contributed by atoms with E-state index in [-0.39, 0.29) is 18.1 Å². The standard InChI is InChI=1S/C22H35NO5/c1-22(2,3)28-21(24)20-15-19(16-23-20)27-14-8-12-25-11-7-13-26-17-18-9-5-4-6-10-18/h4-6,9-10,19-20,23H,7-8,11-17H2,1-3H3. The van der Waals surface area contributed by atoms with Gasteiger partial charge in [-0.1, -0.05) is 30.3 Å². The van der Waals surface area contributed by atoms with Crippen molar-refractivity contribution in [2.45, 2.75) is 64.4 Å². The lowest BCUT2D eigenvalue weighted by molar-refractivity contribution is -0.157. The minimum absolute atomic E-state index is 0.0592. The van der Waals surface area contributed by atoms with Crippen molar-refractivity contribution in [1.29, 1.82) is 0 Å². The maximum absolute atomic E-state index is 12.0. The molecular weight excluding hydrogens is 358 g/mol. The lowest BCUT2D eigenvalue weighted by Crippen LogP contribution is -2.37. The molecule has 0 amide bonds. The normalized spacial score (nSPS) is 19.7. The minimum Gasteiger partial charge on any atom is -0.459 e. The first-order chi connectivity index (χ1) is 13.4. The van der Waals surface area contributed by atoms with E-state index in [9.17, 15) is 4.79 Å². The van der Waals surface area contributed by atoms with Gasteiger partial charge in [0.15, 0.2) is 0 Å². The highest BCUT2D eigenvalue weighted by atomic mass is 16.6. The molecule has 1 aromatic carbocycles. The van der Waals surface area contributed by atoms with Crippen molar-refractivity contribution in [3.05, 3.63) is 35.9 Å². The van der Waals surface area contributed by atoms with Gasteiger partial charge in [-0.05, 0) is 39.2 Å². The minimum atomic E-state index is -0.457. The molecule has 1 saturated heterocycles. The van der Waals surface area contributed by atoms with E-state index in [1.807, 2.05) is 39.0 Å². The van der Waals surface area contributed by atoms with Gasteiger partial charge in [-0.3, -0.25) is 4.79 Å². The van der Waals surface area contributed by atoms with Crippen LogP contribution in [0.5, 0.6) is 0 Å². The van der Waals surface area contributed by atoms with Crippen LogP contribution in [0.1, 0.15) is 45.6 Å². The van der Waals surface area contributed by atoms with Crippen molar-refractivity contribution in [3.63, 3.8) is 0 Å². The van der Waals surface area contributed by atoms with Crippen LogP contribution in [0.3, 0.4) is 0 Å². The monoisotopic (exact) mass is 393 g/mol.